The van der Waals surface area contributed by atoms with Gasteiger partial charge < -0.3 is 15.3 Å². The summed E-state index contributed by atoms with van der Waals surface area (Å²) in [5, 5.41) is 24.8. The van der Waals surface area contributed by atoms with Crippen molar-refractivity contribution >= 4 is 17.9 Å². The van der Waals surface area contributed by atoms with Crippen molar-refractivity contribution in [2.45, 2.75) is 0 Å². The van der Waals surface area contributed by atoms with Crippen molar-refractivity contribution in [3.63, 3.8) is 0 Å². The van der Waals surface area contributed by atoms with Crippen molar-refractivity contribution < 1.29 is 46.8 Å². The molecule has 0 heterocycles. The summed E-state index contributed by atoms with van der Waals surface area (Å²) in [6.07, 6.45) is 0. The van der Waals surface area contributed by atoms with Gasteiger partial charge in [0, 0.05) is 17.1 Å². The van der Waals surface area contributed by atoms with Crippen LogP contribution >= 0.6 is 0 Å². The normalized spacial score (nSPS) is 9.21. The number of hydrogen-bond donors (Lipinski definition) is 3. The van der Waals surface area contributed by atoms with Gasteiger partial charge in [0.2, 0.25) is 0 Å². The van der Waals surface area contributed by atoms with Gasteiger partial charge in [0.1, 0.15) is 0 Å². The maximum Gasteiger partial charge on any atom is 0.317 e. The van der Waals surface area contributed by atoms with E-state index >= 15 is 0 Å². The van der Waals surface area contributed by atoms with Crippen LogP contribution in [0.1, 0.15) is 0 Å². The van der Waals surface area contributed by atoms with E-state index in [0.717, 1.165) is 4.90 Å². The molecule has 0 aliphatic carbocycles. The number of carbonyl (C=O) groups is 3. The molecular weight excluding hydrogens is 237 g/mol. The fourth-order valence-corrected chi connectivity index (χ4v) is 0.742. The van der Waals surface area contributed by atoms with E-state index in [4.69, 9.17) is 15.3 Å². The topological polar surface area (TPSA) is 115 Å². The summed E-state index contributed by atoms with van der Waals surface area (Å²) in [5.41, 5.74) is 0. The number of carboxylic acid groups (broad SMARTS) is 3. The number of rotatable bonds is 6. The first-order valence-electron chi connectivity index (χ1n) is 3.29. The molecule has 0 aromatic rings. The van der Waals surface area contributed by atoms with E-state index in [2.05, 4.69) is 0 Å². The molecule has 0 rings (SSSR count). The van der Waals surface area contributed by atoms with Crippen LogP contribution in [0.3, 0.4) is 0 Å². The third-order valence-electron chi connectivity index (χ3n) is 1.08. The Kier molecular flexibility index (Phi) is 8.02. The van der Waals surface area contributed by atoms with Crippen LogP contribution in [0.25, 0.3) is 0 Å². The van der Waals surface area contributed by atoms with Gasteiger partial charge in [-0.3, -0.25) is 19.3 Å². The minimum atomic E-state index is -1.26. The molecule has 81 valence electrons. The van der Waals surface area contributed by atoms with Crippen LogP contribution < -0.4 is 0 Å². The Balaban J connectivity index is 0. The molecule has 0 aliphatic heterocycles. The number of nitrogens with zero attached hydrogens (tertiary/aromatic N) is 1. The molecule has 8 heteroatoms. The summed E-state index contributed by atoms with van der Waals surface area (Å²) in [7, 11) is 0. The molecular formula is C6H9MnNO6. The van der Waals surface area contributed by atoms with Gasteiger partial charge in [0.05, 0.1) is 19.6 Å². The summed E-state index contributed by atoms with van der Waals surface area (Å²) in [5.74, 6) is -3.78. The second kappa shape index (κ2) is 7.31. The van der Waals surface area contributed by atoms with Crippen molar-refractivity contribution in [2.24, 2.45) is 0 Å². The Bertz CT molecular complexity index is 192. The largest absolute Gasteiger partial charge is 0.480 e. The molecule has 0 saturated carbocycles. The van der Waals surface area contributed by atoms with Gasteiger partial charge in [-0.25, -0.2) is 0 Å². The van der Waals surface area contributed by atoms with Crippen LogP contribution in [0.4, 0.5) is 0 Å². The predicted octanol–water partition coefficient (Wildman–Crippen LogP) is -1.46. The molecule has 14 heavy (non-hydrogen) atoms. The molecule has 0 aromatic heterocycles. The van der Waals surface area contributed by atoms with Crippen molar-refractivity contribution in [2.75, 3.05) is 19.6 Å². The molecule has 0 saturated heterocycles. The Morgan fingerprint density at radius 1 is 0.786 bits per heavy atom. The molecule has 0 bridgehead atoms. The fourth-order valence-electron chi connectivity index (χ4n) is 0.742. The first kappa shape index (κ1) is 15.4. The second-order valence-electron chi connectivity index (χ2n) is 2.33. The van der Waals surface area contributed by atoms with Gasteiger partial charge in [0.15, 0.2) is 0 Å². The Morgan fingerprint density at radius 3 is 1.14 bits per heavy atom. The van der Waals surface area contributed by atoms with Crippen molar-refractivity contribution in [3.05, 3.63) is 0 Å². The Labute approximate surface area is 89.8 Å². The van der Waals surface area contributed by atoms with Crippen LogP contribution in [0, 0.1) is 0 Å². The first-order chi connectivity index (χ1) is 5.91. The quantitative estimate of drug-likeness (QED) is 0.490. The van der Waals surface area contributed by atoms with E-state index in [-0.39, 0.29) is 17.1 Å². The third-order valence-corrected chi connectivity index (χ3v) is 1.08. The predicted molar refractivity (Wildman–Crippen MR) is 39.3 cm³/mol. The van der Waals surface area contributed by atoms with Gasteiger partial charge in [-0.2, -0.15) is 0 Å². The maximum absolute atomic E-state index is 10.1. The smallest absolute Gasteiger partial charge is 0.317 e. The number of hydrogen-bond acceptors (Lipinski definition) is 4. The van der Waals surface area contributed by atoms with E-state index in [1.165, 1.54) is 0 Å². The van der Waals surface area contributed by atoms with Gasteiger partial charge in [-0.05, 0) is 0 Å². The molecule has 1 radical (unpaired) electrons. The summed E-state index contributed by atoms with van der Waals surface area (Å²) < 4.78 is 0. The zero-order valence-corrected chi connectivity index (χ0v) is 8.19. The van der Waals surface area contributed by atoms with Crippen LogP contribution in [0.15, 0.2) is 0 Å². The molecule has 0 spiro atoms. The zero-order chi connectivity index (χ0) is 10.4. The molecule has 3 N–H and O–H groups in total. The Hall–Kier alpha value is -1.11. The molecule has 0 atom stereocenters. The van der Waals surface area contributed by atoms with E-state index < -0.39 is 37.5 Å². The van der Waals surface area contributed by atoms with E-state index in [9.17, 15) is 14.4 Å². The zero-order valence-electron chi connectivity index (χ0n) is 7.01. The standard InChI is InChI=1S/C6H9NO6.Mn/c8-4(9)1-7(2-5(10)11)3-6(12)13;/h1-3H2,(H,8,9)(H,10,11)(H,12,13);. The average Bonchev–Trinajstić information content (AvgIpc) is 1.80. The summed E-state index contributed by atoms with van der Waals surface area (Å²) >= 11 is 0. The van der Waals surface area contributed by atoms with Crippen molar-refractivity contribution in [3.8, 4) is 0 Å². The molecule has 0 unspecified atom stereocenters. The summed E-state index contributed by atoms with van der Waals surface area (Å²) in [6, 6.07) is 0. The van der Waals surface area contributed by atoms with Gasteiger partial charge in [0.25, 0.3) is 0 Å². The van der Waals surface area contributed by atoms with Crippen LogP contribution in [0.5, 0.6) is 0 Å². The number of carboxylic acids is 3. The summed E-state index contributed by atoms with van der Waals surface area (Å²) in [4.78, 5) is 31.2. The van der Waals surface area contributed by atoms with Gasteiger partial charge in [-0.15, -0.1) is 0 Å². The molecule has 0 aromatic carbocycles. The molecule has 7 nitrogen and oxygen atoms in total. The van der Waals surface area contributed by atoms with Gasteiger partial charge >= 0.3 is 17.9 Å². The van der Waals surface area contributed by atoms with Gasteiger partial charge in [-0.1, -0.05) is 0 Å². The molecule has 0 amide bonds. The van der Waals surface area contributed by atoms with E-state index in [1.54, 1.807) is 0 Å². The number of aliphatic carboxylic acids is 3. The molecule has 0 fully saturated rings. The fraction of sp³-hybridized carbons (Fsp3) is 0.500. The third kappa shape index (κ3) is 8.98. The SMILES string of the molecule is O=C(O)CN(CC(=O)O)CC(=O)O.[Mn]. The summed E-state index contributed by atoms with van der Waals surface area (Å²) in [6.45, 7) is -1.80. The van der Waals surface area contributed by atoms with E-state index in [1.807, 2.05) is 0 Å². The minimum Gasteiger partial charge on any atom is -0.480 e. The molecule has 0 aliphatic rings. The van der Waals surface area contributed by atoms with Crippen LogP contribution in [-0.2, 0) is 31.5 Å². The Morgan fingerprint density at radius 2 is 1.00 bits per heavy atom. The van der Waals surface area contributed by atoms with Crippen molar-refractivity contribution in [1.82, 2.24) is 4.90 Å². The van der Waals surface area contributed by atoms with Crippen molar-refractivity contribution in [1.29, 1.82) is 0 Å². The van der Waals surface area contributed by atoms with Crippen LogP contribution in [0.2, 0.25) is 0 Å². The second-order valence-corrected chi connectivity index (χ2v) is 2.33. The average molecular weight is 246 g/mol. The minimum absolute atomic E-state index is 0. The maximum atomic E-state index is 10.1. The monoisotopic (exact) mass is 246 g/mol. The first-order valence-corrected chi connectivity index (χ1v) is 3.29. The van der Waals surface area contributed by atoms with Crippen LogP contribution in [-0.4, -0.2) is 57.8 Å². The van der Waals surface area contributed by atoms with E-state index in [0.29, 0.717) is 0 Å².